The summed E-state index contributed by atoms with van der Waals surface area (Å²) in [6.07, 6.45) is 2.01. The molecule has 2 aromatic carbocycles. The van der Waals surface area contributed by atoms with E-state index < -0.39 is 0 Å². The van der Waals surface area contributed by atoms with Gasteiger partial charge in [-0.1, -0.05) is 36.4 Å². The van der Waals surface area contributed by atoms with Crippen molar-refractivity contribution >= 4 is 6.29 Å². The van der Waals surface area contributed by atoms with Gasteiger partial charge in [-0.15, -0.1) is 0 Å². The van der Waals surface area contributed by atoms with Crippen molar-refractivity contribution < 1.29 is 9.18 Å². The lowest BCUT2D eigenvalue weighted by Gasteiger charge is -2.06. The molecule has 0 aliphatic heterocycles. The van der Waals surface area contributed by atoms with Crippen molar-refractivity contribution in [3.63, 3.8) is 0 Å². The van der Waals surface area contributed by atoms with Crippen molar-refractivity contribution in [2.24, 2.45) is 0 Å². The van der Waals surface area contributed by atoms with Gasteiger partial charge in [0, 0.05) is 12.0 Å². The molecule has 1 nitrogen and oxygen atoms in total. The standard InChI is InChI=1S/C15H13FO/c16-15-9-8-12(5-4-10-17)11-14(15)13-6-2-1-3-7-13/h1-3,6-11H,4-5H2. The Morgan fingerprint density at radius 3 is 2.53 bits per heavy atom. The third-order valence-electron chi connectivity index (χ3n) is 2.67. The van der Waals surface area contributed by atoms with Crippen LogP contribution in [0.3, 0.4) is 0 Å². The van der Waals surface area contributed by atoms with Crippen molar-refractivity contribution in [2.45, 2.75) is 12.8 Å². The highest BCUT2D eigenvalue weighted by molar-refractivity contribution is 5.65. The van der Waals surface area contributed by atoms with Gasteiger partial charge in [-0.25, -0.2) is 4.39 Å². The fraction of sp³-hybridized carbons (Fsp3) is 0.133. The predicted octanol–water partition coefficient (Wildman–Crippen LogP) is 3.62. The molecule has 0 N–H and O–H groups in total. The Bertz CT molecular complexity index is 506. The molecule has 2 rings (SSSR count). The Hall–Kier alpha value is -1.96. The van der Waals surface area contributed by atoms with E-state index in [1.807, 2.05) is 36.4 Å². The smallest absolute Gasteiger partial charge is 0.131 e. The first-order chi connectivity index (χ1) is 8.31. The van der Waals surface area contributed by atoms with Crippen LogP contribution in [0.2, 0.25) is 0 Å². The van der Waals surface area contributed by atoms with Gasteiger partial charge in [0.2, 0.25) is 0 Å². The number of hydrogen-bond acceptors (Lipinski definition) is 1. The Labute approximate surface area is 99.9 Å². The fourth-order valence-corrected chi connectivity index (χ4v) is 1.79. The molecule has 0 aromatic heterocycles. The maximum atomic E-state index is 13.7. The van der Waals surface area contributed by atoms with Crippen LogP contribution in [0.1, 0.15) is 12.0 Å². The van der Waals surface area contributed by atoms with Crippen LogP contribution in [0.5, 0.6) is 0 Å². The third kappa shape index (κ3) is 2.78. The van der Waals surface area contributed by atoms with E-state index in [9.17, 15) is 9.18 Å². The monoisotopic (exact) mass is 228 g/mol. The minimum Gasteiger partial charge on any atom is -0.303 e. The molecule has 0 unspecified atom stereocenters. The zero-order chi connectivity index (χ0) is 12.1. The van der Waals surface area contributed by atoms with Crippen LogP contribution < -0.4 is 0 Å². The predicted molar refractivity (Wildman–Crippen MR) is 66.2 cm³/mol. The van der Waals surface area contributed by atoms with E-state index in [0.29, 0.717) is 18.4 Å². The number of rotatable bonds is 4. The lowest BCUT2D eigenvalue weighted by atomic mass is 10.0. The number of carbonyl (C=O) groups excluding carboxylic acids is 1. The zero-order valence-corrected chi connectivity index (χ0v) is 9.40. The minimum atomic E-state index is -0.231. The first kappa shape index (κ1) is 11.5. The normalized spacial score (nSPS) is 10.2. The molecule has 0 amide bonds. The molecule has 0 aliphatic carbocycles. The summed E-state index contributed by atoms with van der Waals surface area (Å²) in [7, 11) is 0. The van der Waals surface area contributed by atoms with Gasteiger partial charge >= 0.3 is 0 Å². The van der Waals surface area contributed by atoms with Crippen LogP contribution in [-0.4, -0.2) is 6.29 Å². The molecule has 86 valence electrons. The van der Waals surface area contributed by atoms with Crippen LogP contribution in [0.4, 0.5) is 4.39 Å². The molecule has 17 heavy (non-hydrogen) atoms. The fourth-order valence-electron chi connectivity index (χ4n) is 1.79. The van der Waals surface area contributed by atoms with Crippen molar-refractivity contribution in [3.8, 4) is 11.1 Å². The summed E-state index contributed by atoms with van der Waals surface area (Å²) in [5, 5.41) is 0. The third-order valence-corrected chi connectivity index (χ3v) is 2.67. The highest BCUT2D eigenvalue weighted by Crippen LogP contribution is 2.24. The lowest BCUT2D eigenvalue weighted by Crippen LogP contribution is -1.90. The van der Waals surface area contributed by atoms with Gasteiger partial charge in [0.15, 0.2) is 0 Å². The molecule has 0 radical (unpaired) electrons. The number of aldehydes is 1. The molecule has 2 heteroatoms. The number of aryl methyl sites for hydroxylation is 1. The van der Waals surface area contributed by atoms with E-state index in [4.69, 9.17) is 0 Å². The number of hydrogen-bond donors (Lipinski definition) is 0. The van der Waals surface area contributed by atoms with Gasteiger partial charge in [-0.2, -0.15) is 0 Å². The minimum absolute atomic E-state index is 0.231. The quantitative estimate of drug-likeness (QED) is 0.730. The zero-order valence-electron chi connectivity index (χ0n) is 9.40. The molecule has 0 bridgehead atoms. The summed E-state index contributed by atoms with van der Waals surface area (Å²) in [5.41, 5.74) is 2.43. The average molecular weight is 228 g/mol. The van der Waals surface area contributed by atoms with Gasteiger partial charge in [-0.05, 0) is 29.7 Å². The lowest BCUT2D eigenvalue weighted by molar-refractivity contribution is -0.107. The van der Waals surface area contributed by atoms with E-state index in [-0.39, 0.29) is 5.82 Å². The maximum Gasteiger partial charge on any atom is 0.131 e. The topological polar surface area (TPSA) is 17.1 Å². The molecule has 0 fully saturated rings. The molecule has 0 aliphatic rings. The first-order valence-electron chi connectivity index (χ1n) is 5.59. The Morgan fingerprint density at radius 1 is 1.06 bits per heavy atom. The van der Waals surface area contributed by atoms with E-state index >= 15 is 0 Å². The van der Waals surface area contributed by atoms with Gasteiger partial charge in [0.05, 0.1) is 0 Å². The van der Waals surface area contributed by atoms with E-state index in [0.717, 1.165) is 17.4 Å². The molecule has 0 saturated carbocycles. The van der Waals surface area contributed by atoms with Crippen LogP contribution in [-0.2, 0) is 11.2 Å². The van der Waals surface area contributed by atoms with Crippen LogP contribution >= 0.6 is 0 Å². The van der Waals surface area contributed by atoms with Crippen molar-refractivity contribution in [1.82, 2.24) is 0 Å². The summed E-state index contributed by atoms with van der Waals surface area (Å²) in [4.78, 5) is 10.3. The molecule has 0 atom stereocenters. The molecule has 0 spiro atoms. The second-order valence-corrected chi connectivity index (χ2v) is 3.89. The maximum absolute atomic E-state index is 13.7. The number of halogens is 1. The summed E-state index contributed by atoms with van der Waals surface area (Å²) in [6, 6.07) is 14.4. The second kappa shape index (κ2) is 5.39. The van der Waals surface area contributed by atoms with Crippen molar-refractivity contribution in [1.29, 1.82) is 0 Å². The largest absolute Gasteiger partial charge is 0.303 e. The van der Waals surface area contributed by atoms with Gasteiger partial charge in [0.25, 0.3) is 0 Å². The highest BCUT2D eigenvalue weighted by atomic mass is 19.1. The summed E-state index contributed by atoms with van der Waals surface area (Å²) >= 11 is 0. The van der Waals surface area contributed by atoms with E-state index in [2.05, 4.69) is 0 Å². The molecule has 2 aromatic rings. The van der Waals surface area contributed by atoms with E-state index in [1.54, 1.807) is 6.07 Å². The molecule has 0 saturated heterocycles. The Balaban J connectivity index is 2.36. The van der Waals surface area contributed by atoms with Crippen LogP contribution in [0.15, 0.2) is 48.5 Å². The Kier molecular flexibility index (Phi) is 3.66. The highest BCUT2D eigenvalue weighted by Gasteiger charge is 2.05. The summed E-state index contributed by atoms with van der Waals surface area (Å²) in [6.45, 7) is 0. The van der Waals surface area contributed by atoms with Crippen LogP contribution in [0, 0.1) is 5.82 Å². The average Bonchev–Trinajstić information content (AvgIpc) is 2.39. The van der Waals surface area contributed by atoms with Gasteiger partial charge in [-0.3, -0.25) is 0 Å². The number of carbonyl (C=O) groups is 1. The molecular weight excluding hydrogens is 215 g/mol. The Morgan fingerprint density at radius 2 is 1.82 bits per heavy atom. The summed E-state index contributed by atoms with van der Waals surface area (Å²) < 4.78 is 13.7. The second-order valence-electron chi connectivity index (χ2n) is 3.89. The van der Waals surface area contributed by atoms with Gasteiger partial charge < -0.3 is 4.79 Å². The van der Waals surface area contributed by atoms with E-state index in [1.165, 1.54) is 6.07 Å². The number of benzene rings is 2. The molecular formula is C15H13FO. The molecule has 0 heterocycles. The SMILES string of the molecule is O=CCCc1ccc(F)c(-c2ccccc2)c1. The van der Waals surface area contributed by atoms with Gasteiger partial charge in [0.1, 0.15) is 12.1 Å². The summed E-state index contributed by atoms with van der Waals surface area (Å²) in [5.74, 6) is -0.231. The van der Waals surface area contributed by atoms with Crippen molar-refractivity contribution in [2.75, 3.05) is 0 Å². The first-order valence-corrected chi connectivity index (χ1v) is 5.59. The van der Waals surface area contributed by atoms with Crippen LogP contribution in [0.25, 0.3) is 11.1 Å². The van der Waals surface area contributed by atoms with Crippen molar-refractivity contribution in [3.05, 3.63) is 59.9 Å².